The molecule has 1 saturated heterocycles. The maximum Gasteiger partial charge on any atom is 0.253 e. The van der Waals surface area contributed by atoms with Crippen molar-refractivity contribution in [1.29, 1.82) is 0 Å². The third-order valence-corrected chi connectivity index (χ3v) is 3.57. The number of hydrogen-bond donors (Lipinski definition) is 1. The molecule has 1 fully saturated rings. The molecule has 113 valence electrons. The van der Waals surface area contributed by atoms with E-state index in [4.69, 9.17) is 4.74 Å². The first kappa shape index (κ1) is 14.5. The minimum absolute atomic E-state index is 0.120. The quantitative estimate of drug-likeness (QED) is 0.932. The molecule has 0 spiro atoms. The zero-order valence-corrected chi connectivity index (χ0v) is 12.3. The van der Waals surface area contributed by atoms with Gasteiger partial charge in [0.1, 0.15) is 5.82 Å². The average molecular weight is 296 g/mol. The topological polar surface area (TPSA) is 54.5 Å². The Kier molecular flexibility index (Phi) is 4.65. The first-order valence-corrected chi connectivity index (χ1v) is 7.35. The van der Waals surface area contributed by atoms with Gasteiger partial charge in [0, 0.05) is 25.8 Å². The molecule has 1 aromatic carbocycles. The molecule has 0 bridgehead atoms. The summed E-state index contributed by atoms with van der Waals surface area (Å²) in [6.45, 7) is 3.60. The SMILES string of the molecule is O=C(NCc1c[c]ccc1)c1ccc(N2CCOCC2)nc1. The van der Waals surface area contributed by atoms with Crippen molar-refractivity contribution in [3.63, 3.8) is 0 Å². The third-order valence-electron chi connectivity index (χ3n) is 3.57. The molecule has 1 aliphatic heterocycles. The van der Waals surface area contributed by atoms with Crippen LogP contribution in [0.15, 0.2) is 42.6 Å². The lowest BCUT2D eigenvalue weighted by molar-refractivity contribution is 0.0950. The van der Waals surface area contributed by atoms with E-state index in [1.54, 1.807) is 6.20 Å². The van der Waals surface area contributed by atoms with E-state index in [2.05, 4.69) is 21.3 Å². The zero-order chi connectivity index (χ0) is 15.2. The van der Waals surface area contributed by atoms with Gasteiger partial charge < -0.3 is 15.0 Å². The van der Waals surface area contributed by atoms with Gasteiger partial charge in [-0.3, -0.25) is 4.79 Å². The highest BCUT2D eigenvalue weighted by Crippen LogP contribution is 2.13. The van der Waals surface area contributed by atoms with E-state index in [1.807, 2.05) is 36.4 Å². The molecule has 1 radical (unpaired) electrons. The Bertz CT molecular complexity index is 608. The van der Waals surface area contributed by atoms with E-state index >= 15 is 0 Å². The monoisotopic (exact) mass is 296 g/mol. The fourth-order valence-electron chi connectivity index (χ4n) is 2.32. The number of benzene rings is 1. The molecule has 1 aromatic heterocycles. The summed E-state index contributed by atoms with van der Waals surface area (Å²) in [6, 6.07) is 14.2. The fraction of sp³-hybridized carbons (Fsp3) is 0.294. The summed E-state index contributed by atoms with van der Waals surface area (Å²) >= 11 is 0. The number of pyridine rings is 1. The van der Waals surface area contributed by atoms with Gasteiger partial charge in [0.2, 0.25) is 0 Å². The van der Waals surface area contributed by atoms with Crippen molar-refractivity contribution in [1.82, 2.24) is 10.3 Å². The van der Waals surface area contributed by atoms with E-state index in [0.29, 0.717) is 12.1 Å². The average Bonchev–Trinajstić information content (AvgIpc) is 2.61. The summed E-state index contributed by atoms with van der Waals surface area (Å²) < 4.78 is 5.32. The molecule has 0 atom stereocenters. The van der Waals surface area contributed by atoms with E-state index in [1.165, 1.54) is 0 Å². The number of carbonyl (C=O) groups is 1. The lowest BCUT2D eigenvalue weighted by atomic mass is 10.2. The first-order valence-electron chi connectivity index (χ1n) is 7.35. The lowest BCUT2D eigenvalue weighted by Gasteiger charge is -2.27. The number of rotatable bonds is 4. The molecular formula is C17H18N3O2. The number of nitrogens with one attached hydrogen (secondary N) is 1. The van der Waals surface area contributed by atoms with Gasteiger partial charge in [-0.1, -0.05) is 18.2 Å². The van der Waals surface area contributed by atoms with Crippen molar-refractivity contribution >= 4 is 11.7 Å². The Labute approximate surface area is 129 Å². The van der Waals surface area contributed by atoms with Crippen LogP contribution in [-0.2, 0) is 11.3 Å². The number of aromatic nitrogens is 1. The normalized spacial score (nSPS) is 14.6. The highest BCUT2D eigenvalue weighted by Gasteiger charge is 2.13. The Morgan fingerprint density at radius 1 is 1.32 bits per heavy atom. The zero-order valence-electron chi connectivity index (χ0n) is 12.3. The number of morpholine rings is 1. The number of ether oxygens (including phenoxy) is 1. The van der Waals surface area contributed by atoms with Crippen molar-refractivity contribution in [2.24, 2.45) is 0 Å². The summed E-state index contributed by atoms with van der Waals surface area (Å²) in [5, 5.41) is 2.88. The molecule has 2 heterocycles. The van der Waals surface area contributed by atoms with Crippen molar-refractivity contribution in [2.45, 2.75) is 6.54 Å². The molecule has 1 amide bonds. The number of carbonyl (C=O) groups excluding carboxylic acids is 1. The van der Waals surface area contributed by atoms with Gasteiger partial charge >= 0.3 is 0 Å². The van der Waals surface area contributed by atoms with Crippen LogP contribution < -0.4 is 10.2 Å². The van der Waals surface area contributed by atoms with E-state index in [-0.39, 0.29) is 5.91 Å². The van der Waals surface area contributed by atoms with Gasteiger partial charge in [-0.25, -0.2) is 4.98 Å². The Morgan fingerprint density at radius 3 is 2.86 bits per heavy atom. The van der Waals surface area contributed by atoms with Gasteiger partial charge in [0.05, 0.1) is 18.8 Å². The maximum absolute atomic E-state index is 12.1. The van der Waals surface area contributed by atoms with E-state index in [0.717, 1.165) is 37.7 Å². The minimum atomic E-state index is -0.120. The van der Waals surface area contributed by atoms with E-state index < -0.39 is 0 Å². The summed E-state index contributed by atoms with van der Waals surface area (Å²) in [5.74, 6) is 0.766. The fourth-order valence-corrected chi connectivity index (χ4v) is 2.32. The van der Waals surface area contributed by atoms with Gasteiger partial charge in [-0.05, 0) is 29.8 Å². The lowest BCUT2D eigenvalue weighted by Crippen LogP contribution is -2.36. The van der Waals surface area contributed by atoms with Gasteiger partial charge in [0.15, 0.2) is 0 Å². The number of anilines is 1. The molecular weight excluding hydrogens is 278 g/mol. The first-order chi connectivity index (χ1) is 10.8. The second-order valence-corrected chi connectivity index (χ2v) is 5.10. The van der Waals surface area contributed by atoms with Crippen LogP contribution in [0.5, 0.6) is 0 Å². The summed E-state index contributed by atoms with van der Waals surface area (Å²) in [7, 11) is 0. The number of amides is 1. The van der Waals surface area contributed by atoms with Crippen LogP contribution >= 0.6 is 0 Å². The molecule has 0 aliphatic carbocycles. The molecule has 5 nitrogen and oxygen atoms in total. The van der Waals surface area contributed by atoms with E-state index in [9.17, 15) is 4.79 Å². The highest BCUT2D eigenvalue weighted by atomic mass is 16.5. The highest BCUT2D eigenvalue weighted by molar-refractivity contribution is 5.94. The standard InChI is InChI=1S/C17H18N3O2/c21-17(19-12-14-4-2-1-3-5-14)15-6-7-16(18-13-15)20-8-10-22-11-9-20/h1-2,4-7,13H,8-12H2,(H,19,21). The largest absolute Gasteiger partial charge is 0.378 e. The Hall–Kier alpha value is -2.40. The van der Waals surface area contributed by atoms with Crippen LogP contribution in [0.2, 0.25) is 0 Å². The number of hydrogen-bond acceptors (Lipinski definition) is 4. The van der Waals surface area contributed by atoms with Crippen molar-refractivity contribution in [3.8, 4) is 0 Å². The van der Waals surface area contributed by atoms with Crippen LogP contribution in [0.3, 0.4) is 0 Å². The van der Waals surface area contributed by atoms with Crippen molar-refractivity contribution in [3.05, 3.63) is 59.8 Å². The molecule has 22 heavy (non-hydrogen) atoms. The van der Waals surface area contributed by atoms with Crippen LogP contribution in [-0.4, -0.2) is 37.2 Å². The maximum atomic E-state index is 12.1. The smallest absolute Gasteiger partial charge is 0.253 e. The summed E-state index contributed by atoms with van der Waals surface area (Å²) in [6.07, 6.45) is 1.62. The Morgan fingerprint density at radius 2 is 2.18 bits per heavy atom. The second-order valence-electron chi connectivity index (χ2n) is 5.10. The number of nitrogens with zero attached hydrogens (tertiary/aromatic N) is 2. The van der Waals surface area contributed by atoms with Crippen LogP contribution in [0, 0.1) is 6.07 Å². The molecule has 0 unspecified atom stereocenters. The summed E-state index contributed by atoms with van der Waals surface area (Å²) in [5.41, 5.74) is 1.59. The second kappa shape index (κ2) is 7.04. The van der Waals surface area contributed by atoms with Gasteiger partial charge in [0.25, 0.3) is 5.91 Å². The predicted molar refractivity (Wildman–Crippen MR) is 83.7 cm³/mol. The van der Waals surface area contributed by atoms with Crippen LogP contribution in [0.25, 0.3) is 0 Å². The molecule has 2 aromatic rings. The van der Waals surface area contributed by atoms with Crippen molar-refractivity contribution < 1.29 is 9.53 Å². The predicted octanol–water partition coefficient (Wildman–Crippen LogP) is 1.65. The van der Waals surface area contributed by atoms with Crippen molar-refractivity contribution in [2.75, 3.05) is 31.2 Å². The van der Waals surface area contributed by atoms with Crippen LogP contribution in [0.4, 0.5) is 5.82 Å². The van der Waals surface area contributed by atoms with Crippen LogP contribution in [0.1, 0.15) is 15.9 Å². The molecule has 5 heteroatoms. The van der Waals surface area contributed by atoms with Gasteiger partial charge in [-0.15, -0.1) is 0 Å². The Balaban J connectivity index is 1.58. The molecule has 1 aliphatic rings. The minimum Gasteiger partial charge on any atom is -0.378 e. The summed E-state index contributed by atoms with van der Waals surface area (Å²) in [4.78, 5) is 18.7. The van der Waals surface area contributed by atoms with Gasteiger partial charge in [-0.2, -0.15) is 0 Å². The molecule has 1 N–H and O–H groups in total. The molecule has 0 saturated carbocycles. The molecule has 3 rings (SSSR count). The third kappa shape index (κ3) is 3.62.